The molecule has 0 saturated heterocycles. The van der Waals surface area contributed by atoms with Crippen molar-refractivity contribution in [3.8, 4) is 45.5 Å². The molecule has 0 spiro atoms. The van der Waals surface area contributed by atoms with Crippen LogP contribution in [-0.4, -0.2) is 24.1 Å². The van der Waals surface area contributed by atoms with Gasteiger partial charge in [0.05, 0.1) is 38.8 Å². The molecule has 0 radical (unpaired) electrons. The summed E-state index contributed by atoms with van der Waals surface area (Å²) in [6.45, 7) is 0. The highest BCUT2D eigenvalue weighted by Crippen LogP contribution is 2.42. The van der Waals surface area contributed by atoms with Crippen LogP contribution in [0.3, 0.4) is 0 Å². The number of fused-ring (bicyclic) bond motifs is 9. The summed E-state index contributed by atoms with van der Waals surface area (Å²) in [5.41, 5.74) is 10.9. The minimum Gasteiger partial charge on any atom is -0.456 e. The smallest absolute Gasteiger partial charge is 0.164 e. The zero-order valence-electron chi connectivity index (χ0n) is 30.5. The maximum atomic E-state index is 6.97. The summed E-state index contributed by atoms with van der Waals surface area (Å²) in [7, 11) is 0. The first kappa shape index (κ1) is 31.5. The first-order valence-corrected chi connectivity index (χ1v) is 19.1. The third-order valence-corrected chi connectivity index (χ3v) is 11.2. The first-order valence-electron chi connectivity index (χ1n) is 19.1. The molecule has 4 aromatic heterocycles. The van der Waals surface area contributed by atoms with Crippen LogP contribution in [0.1, 0.15) is 0 Å². The van der Waals surface area contributed by atoms with Crippen LogP contribution in [0.4, 0.5) is 0 Å². The Morgan fingerprint density at radius 1 is 0.333 bits per heavy atom. The van der Waals surface area contributed by atoms with Gasteiger partial charge < -0.3 is 13.6 Å². The number of benzene rings is 8. The van der Waals surface area contributed by atoms with Gasteiger partial charge in [-0.2, -0.15) is 0 Å². The molecule has 0 aliphatic heterocycles. The van der Waals surface area contributed by atoms with E-state index in [4.69, 9.17) is 19.4 Å². The van der Waals surface area contributed by atoms with Gasteiger partial charge in [0.1, 0.15) is 11.2 Å². The fourth-order valence-electron chi connectivity index (χ4n) is 8.63. The second-order valence-corrected chi connectivity index (χ2v) is 14.4. The number of aromatic nitrogens is 5. The fraction of sp³-hybridized carbons (Fsp3) is 0. The van der Waals surface area contributed by atoms with Gasteiger partial charge in [-0.05, 0) is 42.5 Å². The van der Waals surface area contributed by atoms with E-state index in [1.807, 2.05) is 60.7 Å². The molecule has 6 heteroatoms. The topological polar surface area (TPSA) is 61.7 Å². The summed E-state index contributed by atoms with van der Waals surface area (Å²) >= 11 is 0. The molecule has 0 fully saturated rings. The van der Waals surface area contributed by atoms with E-state index >= 15 is 0 Å². The lowest BCUT2D eigenvalue weighted by Gasteiger charge is -2.14. The number of para-hydroxylation sites is 4. The van der Waals surface area contributed by atoms with Crippen molar-refractivity contribution in [2.45, 2.75) is 0 Å². The lowest BCUT2D eigenvalue weighted by atomic mass is 10.1. The molecule has 12 aromatic rings. The average Bonchev–Trinajstić information content (AvgIpc) is 3.94. The van der Waals surface area contributed by atoms with Crippen molar-refractivity contribution in [1.82, 2.24) is 24.1 Å². The summed E-state index contributed by atoms with van der Waals surface area (Å²) in [5, 5.41) is 6.89. The average molecular weight is 730 g/mol. The number of hydrogen-bond donors (Lipinski definition) is 0. The molecule has 0 bridgehead atoms. The molecule has 0 saturated carbocycles. The molecular formula is C51H31N5O. The predicted octanol–water partition coefficient (Wildman–Crippen LogP) is 13.0. The van der Waals surface area contributed by atoms with Crippen LogP contribution < -0.4 is 0 Å². The number of rotatable bonds is 5. The Bertz CT molecular complexity index is 3360. The van der Waals surface area contributed by atoms with Crippen molar-refractivity contribution in [2.75, 3.05) is 0 Å². The summed E-state index contributed by atoms with van der Waals surface area (Å²) in [6, 6.07) is 65.6. The van der Waals surface area contributed by atoms with E-state index in [-0.39, 0.29) is 0 Å². The van der Waals surface area contributed by atoms with Crippen LogP contribution in [0, 0.1) is 0 Å². The number of nitrogens with zero attached hydrogens (tertiary/aromatic N) is 5. The molecule has 266 valence electrons. The van der Waals surface area contributed by atoms with Gasteiger partial charge in [0.25, 0.3) is 0 Å². The van der Waals surface area contributed by atoms with E-state index in [1.165, 1.54) is 21.5 Å². The van der Waals surface area contributed by atoms with Gasteiger partial charge in [-0.15, -0.1) is 0 Å². The van der Waals surface area contributed by atoms with Crippen molar-refractivity contribution in [1.29, 1.82) is 0 Å². The maximum Gasteiger partial charge on any atom is 0.164 e. The van der Waals surface area contributed by atoms with Crippen LogP contribution in [0.25, 0.3) is 111 Å². The Balaban J connectivity index is 1.15. The number of furan rings is 1. The molecule has 0 aliphatic carbocycles. The molecule has 12 rings (SSSR count). The minimum absolute atomic E-state index is 0.582. The molecule has 0 aliphatic rings. The van der Waals surface area contributed by atoms with E-state index in [2.05, 4.69) is 137 Å². The normalized spacial score (nSPS) is 11.9. The quantitative estimate of drug-likeness (QED) is 0.177. The minimum atomic E-state index is 0.582. The summed E-state index contributed by atoms with van der Waals surface area (Å²) < 4.78 is 11.7. The zero-order chi connectivity index (χ0) is 37.5. The Morgan fingerprint density at radius 3 is 1.28 bits per heavy atom. The van der Waals surface area contributed by atoms with Gasteiger partial charge in [-0.1, -0.05) is 140 Å². The lowest BCUT2D eigenvalue weighted by molar-refractivity contribution is 0.668. The van der Waals surface area contributed by atoms with Crippen LogP contribution in [-0.2, 0) is 0 Å². The van der Waals surface area contributed by atoms with Gasteiger partial charge >= 0.3 is 0 Å². The molecule has 4 heterocycles. The second-order valence-electron chi connectivity index (χ2n) is 14.4. The van der Waals surface area contributed by atoms with E-state index in [1.54, 1.807) is 0 Å². The monoisotopic (exact) mass is 729 g/mol. The summed E-state index contributed by atoms with van der Waals surface area (Å²) in [5.74, 6) is 1.82. The lowest BCUT2D eigenvalue weighted by Crippen LogP contribution is -2.00. The van der Waals surface area contributed by atoms with E-state index in [9.17, 15) is 0 Å². The van der Waals surface area contributed by atoms with Gasteiger partial charge in [0.15, 0.2) is 17.5 Å². The van der Waals surface area contributed by atoms with Crippen molar-refractivity contribution in [3.63, 3.8) is 0 Å². The molecule has 0 amide bonds. The first-order chi connectivity index (χ1) is 28.3. The maximum absolute atomic E-state index is 6.97. The van der Waals surface area contributed by atoms with Crippen molar-refractivity contribution >= 4 is 65.6 Å². The molecule has 0 N–H and O–H groups in total. The Hall–Kier alpha value is -7.83. The SMILES string of the molecule is c1ccc(-c2nc(-c3ccccc3)nc(-c3ccc4c(c3)oc3cc(-n5c6ccccc6c6ccccc65)cc(-n5c6ccccc6c6ccccc65)c34)n2)cc1. The van der Waals surface area contributed by atoms with Crippen molar-refractivity contribution in [2.24, 2.45) is 0 Å². The van der Waals surface area contributed by atoms with Crippen LogP contribution in [0.5, 0.6) is 0 Å². The van der Waals surface area contributed by atoms with Gasteiger partial charge in [0, 0.05) is 49.7 Å². The van der Waals surface area contributed by atoms with Gasteiger partial charge in [-0.25, -0.2) is 15.0 Å². The molecule has 6 nitrogen and oxygen atoms in total. The fourth-order valence-corrected chi connectivity index (χ4v) is 8.63. The molecule has 8 aromatic carbocycles. The largest absolute Gasteiger partial charge is 0.456 e. The zero-order valence-corrected chi connectivity index (χ0v) is 30.5. The van der Waals surface area contributed by atoms with Gasteiger partial charge in [-0.3, -0.25) is 0 Å². The Labute approximate surface area is 326 Å². The molecule has 0 unspecified atom stereocenters. The summed E-state index contributed by atoms with van der Waals surface area (Å²) in [6.07, 6.45) is 0. The molecular weight excluding hydrogens is 699 g/mol. The van der Waals surface area contributed by atoms with Crippen LogP contribution >= 0.6 is 0 Å². The predicted molar refractivity (Wildman–Crippen MR) is 232 cm³/mol. The van der Waals surface area contributed by atoms with E-state index in [0.29, 0.717) is 17.5 Å². The highest BCUT2D eigenvalue weighted by Gasteiger charge is 2.22. The van der Waals surface area contributed by atoms with Gasteiger partial charge in [0.2, 0.25) is 0 Å². The van der Waals surface area contributed by atoms with Crippen molar-refractivity contribution < 1.29 is 4.42 Å². The highest BCUT2D eigenvalue weighted by atomic mass is 16.3. The Morgan fingerprint density at radius 2 is 0.772 bits per heavy atom. The standard InChI is InChI=1S/C51H31N5O/c1-3-15-32(16-4-1)49-52-50(33-17-5-2-6-18-33)54-51(53-49)34-27-28-40-46(29-34)57-47-31-35(55-41-23-11-7-19-36(41)37-20-8-12-24-42(37)55)30-45(48(40)47)56-43-25-13-9-21-38(43)39-22-10-14-26-44(39)56/h1-31H. The van der Waals surface area contributed by atoms with E-state index in [0.717, 1.165) is 72.1 Å². The third-order valence-electron chi connectivity index (χ3n) is 11.2. The van der Waals surface area contributed by atoms with Crippen LogP contribution in [0.2, 0.25) is 0 Å². The number of hydrogen-bond acceptors (Lipinski definition) is 4. The van der Waals surface area contributed by atoms with Crippen molar-refractivity contribution in [3.05, 3.63) is 188 Å². The third kappa shape index (κ3) is 4.87. The Kier molecular flexibility index (Phi) is 6.83. The highest BCUT2D eigenvalue weighted by molar-refractivity contribution is 6.16. The molecule has 57 heavy (non-hydrogen) atoms. The van der Waals surface area contributed by atoms with Crippen LogP contribution in [0.15, 0.2) is 192 Å². The summed E-state index contributed by atoms with van der Waals surface area (Å²) in [4.78, 5) is 15.0. The van der Waals surface area contributed by atoms with E-state index < -0.39 is 0 Å². The molecule has 0 atom stereocenters. The second kappa shape index (κ2) is 12.3.